The number of hydrogen-bond acceptors (Lipinski definition) is 4. The molecule has 1 heterocycles. The minimum atomic E-state index is 0.586. The van der Waals surface area contributed by atoms with Gasteiger partial charge in [0.1, 0.15) is 0 Å². The lowest BCUT2D eigenvalue weighted by atomic mass is 10.1. The Hall–Kier alpha value is -2.73. The largest absolute Gasteiger partial charge is 0.493 e. The molecule has 3 rings (SSSR count). The standard InChI is InChI=1S/C23H32N4O2/c1-17-12-19(16-27(17)15-18-8-6-5-7-9-18)14-25-23(24-2)26-20-10-11-21(28-3)22(13-20)29-4/h5-11,13,17,19H,12,14-16H2,1-4H3,(H2,24,25,26). The average molecular weight is 397 g/mol. The summed E-state index contributed by atoms with van der Waals surface area (Å²) < 4.78 is 10.7. The quantitative estimate of drug-likeness (QED) is 0.553. The monoisotopic (exact) mass is 396 g/mol. The van der Waals surface area contributed by atoms with Gasteiger partial charge in [0, 0.05) is 44.5 Å². The van der Waals surface area contributed by atoms with E-state index in [4.69, 9.17) is 9.47 Å². The highest BCUT2D eigenvalue weighted by molar-refractivity contribution is 5.93. The van der Waals surface area contributed by atoms with Crippen LogP contribution in [0.4, 0.5) is 5.69 Å². The first-order chi connectivity index (χ1) is 14.1. The number of guanidine groups is 1. The van der Waals surface area contributed by atoms with Crippen LogP contribution in [0.15, 0.2) is 53.5 Å². The summed E-state index contributed by atoms with van der Waals surface area (Å²) in [5.74, 6) is 2.75. The summed E-state index contributed by atoms with van der Waals surface area (Å²) in [5.41, 5.74) is 2.28. The van der Waals surface area contributed by atoms with E-state index < -0.39 is 0 Å². The molecule has 156 valence electrons. The van der Waals surface area contributed by atoms with Gasteiger partial charge in [0.05, 0.1) is 14.2 Å². The first-order valence-corrected chi connectivity index (χ1v) is 10.1. The van der Waals surface area contributed by atoms with E-state index in [1.54, 1.807) is 21.3 Å². The Balaban J connectivity index is 1.52. The van der Waals surface area contributed by atoms with Gasteiger partial charge in [-0.25, -0.2) is 0 Å². The van der Waals surface area contributed by atoms with Gasteiger partial charge in [0.15, 0.2) is 17.5 Å². The van der Waals surface area contributed by atoms with Crippen LogP contribution in [0.25, 0.3) is 0 Å². The third-order valence-corrected chi connectivity index (χ3v) is 5.45. The molecule has 0 aromatic heterocycles. The summed E-state index contributed by atoms with van der Waals surface area (Å²) in [6.07, 6.45) is 1.19. The Morgan fingerprint density at radius 1 is 1.10 bits per heavy atom. The van der Waals surface area contributed by atoms with Crippen molar-refractivity contribution in [3.05, 3.63) is 54.1 Å². The van der Waals surface area contributed by atoms with Gasteiger partial charge in [-0.2, -0.15) is 0 Å². The second-order valence-electron chi connectivity index (χ2n) is 7.51. The van der Waals surface area contributed by atoms with Crippen molar-refractivity contribution >= 4 is 11.6 Å². The summed E-state index contributed by atoms with van der Waals surface area (Å²) in [4.78, 5) is 6.92. The van der Waals surface area contributed by atoms with Crippen molar-refractivity contribution in [2.45, 2.75) is 25.9 Å². The number of anilines is 1. The van der Waals surface area contributed by atoms with Crippen LogP contribution in [-0.2, 0) is 6.54 Å². The smallest absolute Gasteiger partial charge is 0.195 e. The lowest BCUT2D eigenvalue weighted by molar-refractivity contribution is 0.255. The van der Waals surface area contributed by atoms with Crippen molar-refractivity contribution in [2.24, 2.45) is 10.9 Å². The lowest BCUT2D eigenvalue weighted by Gasteiger charge is -2.21. The van der Waals surface area contributed by atoms with E-state index in [2.05, 4.69) is 57.8 Å². The zero-order chi connectivity index (χ0) is 20.6. The van der Waals surface area contributed by atoms with E-state index in [-0.39, 0.29) is 0 Å². The summed E-state index contributed by atoms with van der Waals surface area (Å²) in [7, 11) is 5.06. The first-order valence-electron chi connectivity index (χ1n) is 10.1. The molecule has 0 amide bonds. The number of ether oxygens (including phenoxy) is 2. The van der Waals surface area contributed by atoms with Crippen LogP contribution in [0.3, 0.4) is 0 Å². The van der Waals surface area contributed by atoms with Gasteiger partial charge in [-0.05, 0) is 37.0 Å². The van der Waals surface area contributed by atoms with Crippen LogP contribution in [0.1, 0.15) is 18.9 Å². The topological polar surface area (TPSA) is 58.1 Å². The van der Waals surface area contributed by atoms with Crippen molar-refractivity contribution in [3.8, 4) is 11.5 Å². The molecule has 1 aliphatic rings. The Morgan fingerprint density at radius 2 is 1.86 bits per heavy atom. The molecule has 1 saturated heterocycles. The molecular weight excluding hydrogens is 364 g/mol. The maximum absolute atomic E-state index is 5.37. The highest BCUT2D eigenvalue weighted by Crippen LogP contribution is 2.29. The van der Waals surface area contributed by atoms with E-state index in [0.29, 0.717) is 23.5 Å². The third-order valence-electron chi connectivity index (χ3n) is 5.45. The van der Waals surface area contributed by atoms with Crippen molar-refractivity contribution in [1.29, 1.82) is 0 Å². The van der Waals surface area contributed by atoms with E-state index >= 15 is 0 Å². The molecule has 2 unspecified atom stereocenters. The van der Waals surface area contributed by atoms with Crippen LogP contribution < -0.4 is 20.1 Å². The molecule has 2 atom stereocenters. The molecule has 0 bridgehead atoms. The average Bonchev–Trinajstić information content (AvgIpc) is 3.10. The fourth-order valence-corrected chi connectivity index (χ4v) is 3.87. The van der Waals surface area contributed by atoms with Crippen LogP contribution >= 0.6 is 0 Å². The predicted molar refractivity (Wildman–Crippen MR) is 119 cm³/mol. The van der Waals surface area contributed by atoms with Gasteiger partial charge in [-0.3, -0.25) is 9.89 Å². The van der Waals surface area contributed by atoms with Gasteiger partial charge in [-0.15, -0.1) is 0 Å². The van der Waals surface area contributed by atoms with Gasteiger partial charge in [-0.1, -0.05) is 30.3 Å². The van der Waals surface area contributed by atoms with E-state index in [0.717, 1.165) is 31.3 Å². The maximum Gasteiger partial charge on any atom is 0.195 e. The van der Waals surface area contributed by atoms with Crippen LogP contribution in [0, 0.1) is 5.92 Å². The molecule has 6 heteroatoms. The number of benzene rings is 2. The highest BCUT2D eigenvalue weighted by atomic mass is 16.5. The van der Waals surface area contributed by atoms with Crippen molar-refractivity contribution in [2.75, 3.05) is 39.7 Å². The summed E-state index contributed by atoms with van der Waals surface area (Å²) in [6.45, 7) is 5.32. The Bertz CT molecular complexity index is 810. The molecule has 0 aliphatic carbocycles. The molecule has 2 aromatic rings. The Kier molecular flexibility index (Phi) is 7.36. The summed E-state index contributed by atoms with van der Waals surface area (Å²) >= 11 is 0. The predicted octanol–water partition coefficient (Wildman–Crippen LogP) is 3.60. The molecule has 0 radical (unpaired) electrons. The molecule has 6 nitrogen and oxygen atoms in total. The van der Waals surface area contributed by atoms with E-state index in [1.807, 2.05) is 18.2 Å². The fraction of sp³-hybridized carbons (Fsp3) is 0.435. The second-order valence-corrected chi connectivity index (χ2v) is 7.51. The molecule has 1 fully saturated rings. The number of nitrogens with one attached hydrogen (secondary N) is 2. The van der Waals surface area contributed by atoms with Gasteiger partial charge >= 0.3 is 0 Å². The normalized spacial score (nSPS) is 19.8. The highest BCUT2D eigenvalue weighted by Gasteiger charge is 2.28. The van der Waals surface area contributed by atoms with E-state index in [1.165, 1.54) is 12.0 Å². The first kappa shape index (κ1) is 21.0. The van der Waals surface area contributed by atoms with Gasteiger partial charge < -0.3 is 20.1 Å². The Morgan fingerprint density at radius 3 is 2.55 bits per heavy atom. The molecule has 0 saturated carbocycles. The van der Waals surface area contributed by atoms with Crippen LogP contribution in [-0.4, -0.2) is 51.3 Å². The van der Waals surface area contributed by atoms with Gasteiger partial charge in [0.25, 0.3) is 0 Å². The minimum absolute atomic E-state index is 0.586. The minimum Gasteiger partial charge on any atom is -0.493 e. The maximum atomic E-state index is 5.37. The SMILES string of the molecule is CN=C(NCC1CC(C)N(Cc2ccccc2)C1)Nc1ccc(OC)c(OC)c1. The van der Waals surface area contributed by atoms with Crippen molar-refractivity contribution in [1.82, 2.24) is 10.2 Å². The van der Waals surface area contributed by atoms with Gasteiger partial charge in [0.2, 0.25) is 0 Å². The van der Waals surface area contributed by atoms with Crippen molar-refractivity contribution in [3.63, 3.8) is 0 Å². The lowest BCUT2D eigenvalue weighted by Crippen LogP contribution is -2.35. The van der Waals surface area contributed by atoms with E-state index in [9.17, 15) is 0 Å². The molecule has 2 aromatic carbocycles. The summed E-state index contributed by atoms with van der Waals surface area (Å²) in [6, 6.07) is 17.0. The number of nitrogens with zero attached hydrogens (tertiary/aromatic N) is 2. The third kappa shape index (κ3) is 5.64. The number of methoxy groups -OCH3 is 2. The Labute approximate surface area is 173 Å². The molecule has 0 spiro atoms. The fourth-order valence-electron chi connectivity index (χ4n) is 3.87. The second kappa shape index (κ2) is 10.2. The molecule has 2 N–H and O–H groups in total. The number of hydrogen-bond donors (Lipinski definition) is 2. The summed E-state index contributed by atoms with van der Waals surface area (Å²) in [5, 5.41) is 6.80. The molecular formula is C23H32N4O2. The number of aliphatic imine (C=N–C) groups is 1. The zero-order valence-electron chi connectivity index (χ0n) is 17.8. The van der Waals surface area contributed by atoms with Crippen molar-refractivity contribution < 1.29 is 9.47 Å². The number of rotatable bonds is 7. The van der Waals surface area contributed by atoms with Crippen LogP contribution in [0.2, 0.25) is 0 Å². The van der Waals surface area contributed by atoms with Crippen LogP contribution in [0.5, 0.6) is 11.5 Å². The number of likely N-dealkylation sites (tertiary alicyclic amines) is 1. The molecule has 29 heavy (non-hydrogen) atoms. The molecule has 1 aliphatic heterocycles. The zero-order valence-corrected chi connectivity index (χ0v) is 17.8.